The van der Waals surface area contributed by atoms with Crippen LogP contribution < -0.4 is 0 Å². The smallest absolute Gasteiger partial charge is 0.255 e. The van der Waals surface area contributed by atoms with Crippen molar-refractivity contribution in [2.45, 2.75) is 16.3 Å². The second-order valence-electron chi connectivity index (χ2n) is 6.62. The van der Waals surface area contributed by atoms with Crippen LogP contribution in [0.4, 0.5) is 4.39 Å². The van der Waals surface area contributed by atoms with E-state index < -0.39 is 15.8 Å². The molecule has 29 heavy (non-hydrogen) atoms. The minimum atomic E-state index is -3.90. The molecule has 0 aromatic heterocycles. The summed E-state index contributed by atoms with van der Waals surface area (Å²) in [5, 5.41) is 0. The van der Waals surface area contributed by atoms with Gasteiger partial charge in [-0.3, -0.25) is 4.79 Å². The number of thioether (sulfide) groups is 1. The highest BCUT2D eigenvalue weighted by Gasteiger charge is 2.26. The van der Waals surface area contributed by atoms with Crippen molar-refractivity contribution in [2.24, 2.45) is 0 Å². The Balaban J connectivity index is 1.90. The molecule has 0 aliphatic carbocycles. The predicted molar refractivity (Wildman–Crippen MR) is 110 cm³/mol. The molecule has 0 unspecified atom stereocenters. The third-order valence-electron chi connectivity index (χ3n) is 4.76. The second kappa shape index (κ2) is 9.25. The highest BCUT2D eigenvalue weighted by Crippen LogP contribution is 2.27. The van der Waals surface area contributed by atoms with Crippen LogP contribution in [0, 0.1) is 5.82 Å². The van der Waals surface area contributed by atoms with E-state index in [9.17, 15) is 17.6 Å². The lowest BCUT2D eigenvalue weighted by Gasteiger charge is -2.27. The number of ether oxygens (including phenoxy) is 1. The molecule has 0 saturated carbocycles. The third kappa shape index (κ3) is 4.80. The molecule has 0 bridgehead atoms. The summed E-state index contributed by atoms with van der Waals surface area (Å²) in [5.74, 6) is -0.679. The number of hydrogen-bond donors (Lipinski definition) is 0. The summed E-state index contributed by atoms with van der Waals surface area (Å²) in [4.78, 5) is 15.3. The maximum Gasteiger partial charge on any atom is 0.255 e. The van der Waals surface area contributed by atoms with Crippen molar-refractivity contribution >= 4 is 27.7 Å². The van der Waals surface area contributed by atoms with Gasteiger partial charge in [-0.15, -0.1) is 11.8 Å². The fourth-order valence-electron chi connectivity index (χ4n) is 3.08. The molecular formula is C20H23FN2O4S2. The monoisotopic (exact) mass is 438 g/mol. The minimum Gasteiger partial charge on any atom is -0.378 e. The Labute approximate surface area is 174 Å². The molecule has 3 rings (SSSR count). The molecule has 1 saturated heterocycles. The first-order valence-corrected chi connectivity index (χ1v) is 11.8. The first-order chi connectivity index (χ1) is 13.8. The van der Waals surface area contributed by atoms with E-state index >= 15 is 0 Å². The fraction of sp³-hybridized carbons (Fsp3) is 0.350. The van der Waals surface area contributed by atoms with Gasteiger partial charge in [-0.1, -0.05) is 18.2 Å². The molecule has 0 radical (unpaired) electrons. The fourth-order valence-corrected chi connectivity index (χ4v) is 4.83. The highest BCUT2D eigenvalue weighted by molar-refractivity contribution is 7.98. The van der Waals surface area contributed by atoms with E-state index in [-0.39, 0.29) is 22.9 Å². The normalized spacial score (nSPS) is 15.0. The predicted octanol–water partition coefficient (Wildman–Crippen LogP) is 2.84. The number of amides is 1. The zero-order valence-electron chi connectivity index (χ0n) is 16.3. The van der Waals surface area contributed by atoms with Crippen LogP contribution in [0.15, 0.2) is 52.3 Å². The van der Waals surface area contributed by atoms with Gasteiger partial charge in [0.2, 0.25) is 10.0 Å². The van der Waals surface area contributed by atoms with Crippen molar-refractivity contribution in [1.82, 2.24) is 9.21 Å². The van der Waals surface area contributed by atoms with Crippen molar-refractivity contribution in [3.8, 4) is 0 Å². The van der Waals surface area contributed by atoms with Gasteiger partial charge >= 0.3 is 0 Å². The summed E-state index contributed by atoms with van der Waals surface area (Å²) < 4.78 is 46.4. The molecule has 1 heterocycles. The molecule has 0 N–H and O–H groups in total. The maximum atomic E-state index is 13.9. The SMILES string of the molecule is CSc1ccc(S(=O)(=O)N(C)Cc2ccccc2F)cc1C(=O)N1CCOCC1. The van der Waals surface area contributed by atoms with E-state index in [1.165, 1.54) is 37.0 Å². The standard InChI is InChI=1S/C20H23FN2O4S2/c1-22(14-15-5-3-4-6-18(15)21)29(25,26)16-7-8-19(28-2)17(13-16)20(24)23-9-11-27-12-10-23/h3-8,13H,9-12,14H2,1-2H3. The lowest BCUT2D eigenvalue weighted by Crippen LogP contribution is -2.41. The molecule has 1 aliphatic rings. The first kappa shape index (κ1) is 21.8. The molecule has 156 valence electrons. The van der Waals surface area contributed by atoms with Crippen LogP contribution in [0.25, 0.3) is 0 Å². The van der Waals surface area contributed by atoms with Crippen molar-refractivity contribution in [1.29, 1.82) is 0 Å². The van der Waals surface area contributed by atoms with E-state index in [4.69, 9.17) is 4.74 Å². The Morgan fingerprint density at radius 3 is 2.55 bits per heavy atom. The van der Waals surface area contributed by atoms with E-state index in [1.54, 1.807) is 29.2 Å². The lowest BCUT2D eigenvalue weighted by molar-refractivity contribution is 0.0300. The average Bonchev–Trinajstić information content (AvgIpc) is 2.74. The molecular weight excluding hydrogens is 415 g/mol. The van der Waals surface area contributed by atoms with Gasteiger partial charge in [0.15, 0.2) is 0 Å². The Bertz CT molecular complexity index is 992. The quantitative estimate of drug-likeness (QED) is 0.649. The van der Waals surface area contributed by atoms with Gasteiger partial charge in [0.1, 0.15) is 5.82 Å². The Morgan fingerprint density at radius 1 is 1.21 bits per heavy atom. The van der Waals surface area contributed by atoms with Crippen molar-refractivity contribution in [3.63, 3.8) is 0 Å². The van der Waals surface area contributed by atoms with Gasteiger partial charge in [-0.2, -0.15) is 4.31 Å². The number of carbonyl (C=O) groups is 1. The van der Waals surface area contributed by atoms with Crippen molar-refractivity contribution in [2.75, 3.05) is 39.6 Å². The van der Waals surface area contributed by atoms with E-state index in [0.717, 1.165) is 4.31 Å². The molecule has 1 amide bonds. The molecule has 1 fully saturated rings. The lowest BCUT2D eigenvalue weighted by atomic mass is 10.2. The van der Waals surface area contributed by atoms with Gasteiger partial charge in [0, 0.05) is 37.1 Å². The minimum absolute atomic E-state index is 0.00532. The average molecular weight is 439 g/mol. The summed E-state index contributed by atoms with van der Waals surface area (Å²) in [7, 11) is -2.51. The Morgan fingerprint density at radius 2 is 1.90 bits per heavy atom. The maximum absolute atomic E-state index is 13.9. The zero-order valence-corrected chi connectivity index (χ0v) is 17.9. The van der Waals surface area contributed by atoms with E-state index in [0.29, 0.717) is 36.8 Å². The molecule has 9 heteroatoms. The van der Waals surface area contributed by atoms with Gasteiger partial charge in [-0.05, 0) is 30.5 Å². The second-order valence-corrected chi connectivity index (χ2v) is 9.51. The number of benzene rings is 2. The van der Waals surface area contributed by atoms with Crippen LogP contribution in [-0.2, 0) is 21.3 Å². The number of hydrogen-bond acceptors (Lipinski definition) is 5. The zero-order chi connectivity index (χ0) is 21.0. The summed E-state index contributed by atoms with van der Waals surface area (Å²) in [6.45, 7) is 1.76. The van der Waals surface area contributed by atoms with Crippen LogP contribution in [0.3, 0.4) is 0 Å². The number of halogens is 1. The number of rotatable bonds is 6. The van der Waals surface area contributed by atoms with Crippen molar-refractivity contribution < 1.29 is 22.3 Å². The largest absolute Gasteiger partial charge is 0.378 e. The number of sulfonamides is 1. The molecule has 2 aromatic carbocycles. The van der Waals surface area contributed by atoms with Gasteiger partial charge in [0.05, 0.1) is 23.7 Å². The highest BCUT2D eigenvalue weighted by atomic mass is 32.2. The van der Waals surface area contributed by atoms with Crippen LogP contribution in [0.1, 0.15) is 15.9 Å². The van der Waals surface area contributed by atoms with E-state index in [1.807, 2.05) is 6.26 Å². The Kier molecular flexibility index (Phi) is 6.94. The van der Waals surface area contributed by atoms with Gasteiger partial charge < -0.3 is 9.64 Å². The molecule has 2 aromatic rings. The number of nitrogens with zero attached hydrogens (tertiary/aromatic N) is 2. The summed E-state index contributed by atoms with van der Waals surface area (Å²) in [6.07, 6.45) is 1.84. The van der Waals surface area contributed by atoms with Gasteiger partial charge in [0.25, 0.3) is 5.91 Å². The van der Waals surface area contributed by atoms with Crippen LogP contribution in [-0.4, -0.2) is 63.1 Å². The van der Waals surface area contributed by atoms with Crippen LogP contribution in [0.5, 0.6) is 0 Å². The molecule has 1 aliphatic heterocycles. The van der Waals surface area contributed by atoms with Crippen molar-refractivity contribution in [3.05, 3.63) is 59.4 Å². The molecule has 0 atom stereocenters. The number of morpholine rings is 1. The molecule has 6 nitrogen and oxygen atoms in total. The van der Waals surface area contributed by atoms with Crippen LogP contribution in [0.2, 0.25) is 0 Å². The van der Waals surface area contributed by atoms with Crippen LogP contribution >= 0.6 is 11.8 Å². The summed E-state index contributed by atoms with van der Waals surface area (Å²) in [6, 6.07) is 10.6. The first-order valence-electron chi connectivity index (χ1n) is 9.09. The molecule has 0 spiro atoms. The summed E-state index contributed by atoms with van der Waals surface area (Å²) in [5.41, 5.74) is 0.628. The van der Waals surface area contributed by atoms with E-state index in [2.05, 4.69) is 0 Å². The topological polar surface area (TPSA) is 66.9 Å². The third-order valence-corrected chi connectivity index (χ3v) is 7.35. The summed E-state index contributed by atoms with van der Waals surface area (Å²) >= 11 is 1.38. The van der Waals surface area contributed by atoms with Gasteiger partial charge in [-0.25, -0.2) is 12.8 Å². The number of carbonyl (C=O) groups excluding carboxylic acids is 1. The Hall–Kier alpha value is -1.94.